The SMILES string of the molecule is O=C(Cc1ccc(Cl)cc1)Nc1nnc(-c2ccc(-c3cccc(F)c3)cc2)s1. The fraction of sp³-hybridized carbons (Fsp3) is 0.0455. The molecule has 0 bridgehead atoms. The van der Waals surface area contributed by atoms with Gasteiger partial charge in [0.15, 0.2) is 0 Å². The van der Waals surface area contributed by atoms with Crippen molar-refractivity contribution in [1.82, 2.24) is 10.2 Å². The number of amides is 1. The molecule has 0 unspecified atom stereocenters. The van der Waals surface area contributed by atoms with Gasteiger partial charge in [0.1, 0.15) is 10.8 Å². The number of rotatable bonds is 5. The molecule has 1 amide bonds. The van der Waals surface area contributed by atoms with Crippen LogP contribution in [0.25, 0.3) is 21.7 Å². The van der Waals surface area contributed by atoms with E-state index in [9.17, 15) is 9.18 Å². The zero-order valence-electron chi connectivity index (χ0n) is 15.1. The zero-order chi connectivity index (χ0) is 20.2. The Morgan fingerprint density at radius 1 is 0.931 bits per heavy atom. The monoisotopic (exact) mass is 423 g/mol. The highest BCUT2D eigenvalue weighted by Crippen LogP contribution is 2.29. The first-order valence-electron chi connectivity index (χ1n) is 8.81. The molecular weight excluding hydrogens is 409 g/mol. The standard InChI is InChI=1S/C22H15ClFN3OS/c23-18-10-4-14(5-11-18)12-20(28)25-22-27-26-21(29-22)16-8-6-15(7-9-16)17-2-1-3-19(24)13-17/h1-11,13H,12H2,(H,25,27,28). The first-order chi connectivity index (χ1) is 14.1. The Labute approximate surface area is 176 Å². The summed E-state index contributed by atoms with van der Waals surface area (Å²) >= 11 is 7.15. The molecule has 144 valence electrons. The van der Waals surface area contributed by atoms with E-state index in [1.54, 1.807) is 18.2 Å². The fourth-order valence-corrected chi connectivity index (χ4v) is 3.71. The van der Waals surface area contributed by atoms with Crippen LogP contribution in [0.3, 0.4) is 0 Å². The molecule has 29 heavy (non-hydrogen) atoms. The molecule has 7 heteroatoms. The Hall–Kier alpha value is -3.09. The Kier molecular flexibility index (Phi) is 5.64. The van der Waals surface area contributed by atoms with Gasteiger partial charge in [0.05, 0.1) is 6.42 Å². The maximum absolute atomic E-state index is 13.4. The van der Waals surface area contributed by atoms with Gasteiger partial charge in [-0.15, -0.1) is 10.2 Å². The summed E-state index contributed by atoms with van der Waals surface area (Å²) in [7, 11) is 0. The lowest BCUT2D eigenvalue weighted by atomic mass is 10.0. The Balaban J connectivity index is 1.43. The van der Waals surface area contributed by atoms with Gasteiger partial charge in [-0.05, 0) is 41.0 Å². The molecule has 1 N–H and O–H groups in total. The Bertz CT molecular complexity index is 1140. The molecule has 4 nitrogen and oxygen atoms in total. The van der Waals surface area contributed by atoms with Crippen molar-refractivity contribution in [2.24, 2.45) is 0 Å². The van der Waals surface area contributed by atoms with Crippen LogP contribution in [0.2, 0.25) is 5.02 Å². The van der Waals surface area contributed by atoms with Crippen molar-refractivity contribution >= 4 is 34.0 Å². The third-order valence-electron chi connectivity index (χ3n) is 4.24. The van der Waals surface area contributed by atoms with Crippen LogP contribution in [0.4, 0.5) is 9.52 Å². The van der Waals surface area contributed by atoms with Gasteiger partial charge in [0, 0.05) is 10.6 Å². The highest BCUT2D eigenvalue weighted by Gasteiger charge is 2.11. The number of anilines is 1. The minimum Gasteiger partial charge on any atom is -0.300 e. The average molecular weight is 424 g/mol. The van der Waals surface area contributed by atoms with Crippen LogP contribution in [-0.4, -0.2) is 16.1 Å². The number of benzene rings is 3. The Morgan fingerprint density at radius 3 is 2.38 bits per heavy atom. The second kappa shape index (κ2) is 8.51. The quantitative estimate of drug-likeness (QED) is 0.438. The molecular formula is C22H15ClFN3OS. The van der Waals surface area contributed by atoms with Crippen LogP contribution in [0, 0.1) is 5.82 Å². The highest BCUT2D eigenvalue weighted by molar-refractivity contribution is 7.18. The van der Waals surface area contributed by atoms with Gasteiger partial charge in [-0.2, -0.15) is 0 Å². The van der Waals surface area contributed by atoms with Crippen LogP contribution in [0.15, 0.2) is 72.8 Å². The summed E-state index contributed by atoms with van der Waals surface area (Å²) in [4.78, 5) is 12.2. The molecule has 0 saturated carbocycles. The Morgan fingerprint density at radius 2 is 1.66 bits per heavy atom. The van der Waals surface area contributed by atoms with E-state index in [0.717, 1.165) is 22.3 Å². The molecule has 0 fully saturated rings. The molecule has 3 aromatic carbocycles. The first-order valence-corrected chi connectivity index (χ1v) is 10.0. The largest absolute Gasteiger partial charge is 0.300 e. The van der Waals surface area contributed by atoms with Crippen molar-refractivity contribution in [3.63, 3.8) is 0 Å². The van der Waals surface area contributed by atoms with E-state index in [1.165, 1.54) is 23.5 Å². The van der Waals surface area contributed by atoms with Gasteiger partial charge in [-0.25, -0.2) is 4.39 Å². The molecule has 0 aliphatic heterocycles. The minimum atomic E-state index is -0.269. The number of hydrogen-bond acceptors (Lipinski definition) is 4. The van der Waals surface area contributed by atoms with E-state index in [1.807, 2.05) is 42.5 Å². The summed E-state index contributed by atoms with van der Waals surface area (Å²) in [6.45, 7) is 0. The van der Waals surface area contributed by atoms with Gasteiger partial charge in [0.2, 0.25) is 11.0 Å². The number of carbonyl (C=O) groups is 1. The second-order valence-electron chi connectivity index (χ2n) is 6.35. The van der Waals surface area contributed by atoms with E-state index >= 15 is 0 Å². The first kappa shape index (κ1) is 19.2. The van der Waals surface area contributed by atoms with Crippen molar-refractivity contribution in [1.29, 1.82) is 0 Å². The number of nitrogens with zero attached hydrogens (tertiary/aromatic N) is 2. The lowest BCUT2D eigenvalue weighted by molar-refractivity contribution is -0.115. The molecule has 4 rings (SSSR count). The summed E-state index contributed by atoms with van der Waals surface area (Å²) in [5.41, 5.74) is 3.46. The molecule has 1 aromatic heterocycles. The van der Waals surface area contributed by atoms with Crippen molar-refractivity contribution in [3.05, 3.63) is 89.2 Å². The topological polar surface area (TPSA) is 54.9 Å². The van der Waals surface area contributed by atoms with Gasteiger partial charge in [-0.3, -0.25) is 4.79 Å². The average Bonchev–Trinajstić information content (AvgIpc) is 3.18. The van der Waals surface area contributed by atoms with Crippen molar-refractivity contribution < 1.29 is 9.18 Å². The molecule has 0 aliphatic carbocycles. The predicted molar refractivity (Wildman–Crippen MR) is 115 cm³/mol. The van der Waals surface area contributed by atoms with Gasteiger partial charge in [-0.1, -0.05) is 71.5 Å². The maximum Gasteiger partial charge on any atom is 0.230 e. The summed E-state index contributed by atoms with van der Waals surface area (Å²) in [6, 6.07) is 21.2. The minimum absolute atomic E-state index is 0.170. The second-order valence-corrected chi connectivity index (χ2v) is 7.77. The van der Waals surface area contributed by atoms with E-state index in [4.69, 9.17) is 11.6 Å². The van der Waals surface area contributed by atoms with Gasteiger partial charge < -0.3 is 5.32 Å². The van der Waals surface area contributed by atoms with E-state index in [2.05, 4.69) is 15.5 Å². The zero-order valence-corrected chi connectivity index (χ0v) is 16.7. The van der Waals surface area contributed by atoms with Crippen LogP contribution in [-0.2, 0) is 11.2 Å². The molecule has 0 spiro atoms. The summed E-state index contributed by atoms with van der Waals surface area (Å²) in [5.74, 6) is -0.439. The van der Waals surface area contributed by atoms with Crippen LogP contribution >= 0.6 is 22.9 Å². The maximum atomic E-state index is 13.4. The van der Waals surface area contributed by atoms with E-state index in [-0.39, 0.29) is 18.1 Å². The number of hydrogen-bond donors (Lipinski definition) is 1. The predicted octanol–water partition coefficient (Wildman–Crippen LogP) is 5.85. The molecule has 0 radical (unpaired) electrons. The highest BCUT2D eigenvalue weighted by atomic mass is 35.5. The fourth-order valence-electron chi connectivity index (χ4n) is 2.81. The van der Waals surface area contributed by atoms with Crippen LogP contribution < -0.4 is 5.32 Å². The van der Waals surface area contributed by atoms with E-state index < -0.39 is 0 Å². The van der Waals surface area contributed by atoms with E-state index in [0.29, 0.717) is 15.2 Å². The van der Waals surface area contributed by atoms with Gasteiger partial charge in [0.25, 0.3) is 0 Å². The van der Waals surface area contributed by atoms with Crippen molar-refractivity contribution in [2.75, 3.05) is 5.32 Å². The lowest BCUT2D eigenvalue weighted by Crippen LogP contribution is -2.14. The smallest absolute Gasteiger partial charge is 0.230 e. The third kappa shape index (κ3) is 4.85. The summed E-state index contributed by atoms with van der Waals surface area (Å²) < 4.78 is 13.4. The van der Waals surface area contributed by atoms with Crippen LogP contribution in [0.5, 0.6) is 0 Å². The number of halogens is 2. The molecule has 1 heterocycles. The third-order valence-corrected chi connectivity index (χ3v) is 5.38. The summed E-state index contributed by atoms with van der Waals surface area (Å²) in [6.07, 6.45) is 0.231. The molecule has 0 saturated heterocycles. The molecule has 0 atom stereocenters. The van der Waals surface area contributed by atoms with Gasteiger partial charge >= 0.3 is 0 Å². The summed E-state index contributed by atoms with van der Waals surface area (Å²) in [5, 5.41) is 12.7. The normalized spacial score (nSPS) is 10.7. The van der Waals surface area contributed by atoms with Crippen molar-refractivity contribution in [3.8, 4) is 21.7 Å². The number of aromatic nitrogens is 2. The number of nitrogens with one attached hydrogen (secondary N) is 1. The van der Waals surface area contributed by atoms with Crippen molar-refractivity contribution in [2.45, 2.75) is 6.42 Å². The number of carbonyl (C=O) groups excluding carboxylic acids is 1. The molecule has 4 aromatic rings. The van der Waals surface area contributed by atoms with Crippen LogP contribution in [0.1, 0.15) is 5.56 Å². The molecule has 0 aliphatic rings. The lowest BCUT2D eigenvalue weighted by Gasteiger charge is -2.03.